The van der Waals surface area contributed by atoms with E-state index in [1.807, 2.05) is 31.3 Å². The standard InChI is InChI=1S/C14H15N5O/c1-19-14-11(13(15)16-8-17-14)12(18-19)10-5-3-4-9(6-10)7-20-2/h3-6,8H,7H2,1-2H3,(H2,15,16,17). The summed E-state index contributed by atoms with van der Waals surface area (Å²) in [6, 6.07) is 8.02. The van der Waals surface area contributed by atoms with Gasteiger partial charge in [0.1, 0.15) is 17.8 Å². The first-order valence-corrected chi connectivity index (χ1v) is 6.22. The molecule has 0 unspecified atom stereocenters. The van der Waals surface area contributed by atoms with E-state index in [-0.39, 0.29) is 0 Å². The molecule has 0 fully saturated rings. The third-order valence-electron chi connectivity index (χ3n) is 3.16. The van der Waals surface area contributed by atoms with Gasteiger partial charge in [-0.15, -0.1) is 0 Å². The minimum atomic E-state index is 0.440. The van der Waals surface area contributed by atoms with Gasteiger partial charge in [-0.25, -0.2) is 14.6 Å². The zero-order valence-corrected chi connectivity index (χ0v) is 11.4. The summed E-state index contributed by atoms with van der Waals surface area (Å²) in [4.78, 5) is 8.29. The molecule has 3 rings (SSSR count). The summed E-state index contributed by atoms with van der Waals surface area (Å²) >= 11 is 0. The molecule has 20 heavy (non-hydrogen) atoms. The lowest BCUT2D eigenvalue weighted by molar-refractivity contribution is 0.185. The van der Waals surface area contributed by atoms with E-state index in [1.54, 1.807) is 11.8 Å². The average Bonchev–Trinajstić information content (AvgIpc) is 2.79. The van der Waals surface area contributed by atoms with E-state index in [0.717, 1.165) is 27.9 Å². The van der Waals surface area contributed by atoms with Crippen LogP contribution >= 0.6 is 0 Å². The zero-order valence-electron chi connectivity index (χ0n) is 11.4. The number of nitrogens with two attached hydrogens (primary N) is 1. The van der Waals surface area contributed by atoms with Crippen molar-refractivity contribution in [2.45, 2.75) is 6.61 Å². The molecule has 1 aromatic carbocycles. The molecule has 2 N–H and O–H groups in total. The van der Waals surface area contributed by atoms with Crippen molar-refractivity contribution in [3.8, 4) is 11.3 Å². The van der Waals surface area contributed by atoms with Crippen molar-refractivity contribution in [2.75, 3.05) is 12.8 Å². The van der Waals surface area contributed by atoms with Crippen molar-refractivity contribution >= 4 is 16.9 Å². The number of anilines is 1. The van der Waals surface area contributed by atoms with Crippen molar-refractivity contribution in [1.29, 1.82) is 0 Å². The summed E-state index contributed by atoms with van der Waals surface area (Å²) in [5, 5.41) is 5.30. The minimum Gasteiger partial charge on any atom is -0.383 e. The highest BCUT2D eigenvalue weighted by Gasteiger charge is 2.15. The molecule has 0 aliphatic carbocycles. The van der Waals surface area contributed by atoms with Gasteiger partial charge >= 0.3 is 0 Å². The maximum absolute atomic E-state index is 5.98. The Balaban J connectivity index is 2.22. The predicted octanol–water partition coefficient (Wildman–Crippen LogP) is 1.76. The second-order valence-corrected chi connectivity index (χ2v) is 4.56. The fourth-order valence-corrected chi connectivity index (χ4v) is 2.29. The van der Waals surface area contributed by atoms with Gasteiger partial charge in [-0.1, -0.05) is 18.2 Å². The van der Waals surface area contributed by atoms with Crippen molar-refractivity contribution < 1.29 is 4.74 Å². The first-order valence-electron chi connectivity index (χ1n) is 6.22. The highest BCUT2D eigenvalue weighted by molar-refractivity contribution is 5.98. The second kappa shape index (κ2) is 4.90. The molecule has 2 aromatic heterocycles. The first kappa shape index (κ1) is 12.6. The molecule has 0 saturated heterocycles. The van der Waals surface area contributed by atoms with Crippen LogP contribution in [0.15, 0.2) is 30.6 Å². The Hall–Kier alpha value is -2.47. The molecule has 0 spiro atoms. The summed E-state index contributed by atoms with van der Waals surface area (Å²) in [6.45, 7) is 0.560. The van der Waals surface area contributed by atoms with Crippen LogP contribution in [0.2, 0.25) is 0 Å². The predicted molar refractivity (Wildman–Crippen MR) is 76.9 cm³/mol. The van der Waals surface area contributed by atoms with Gasteiger partial charge in [0.15, 0.2) is 5.65 Å². The Morgan fingerprint density at radius 2 is 2.15 bits per heavy atom. The number of benzene rings is 1. The molecule has 2 heterocycles. The molecule has 6 heteroatoms. The van der Waals surface area contributed by atoms with E-state index in [4.69, 9.17) is 10.5 Å². The molecule has 0 bridgehead atoms. The molecule has 0 aliphatic heterocycles. The summed E-state index contributed by atoms with van der Waals surface area (Å²) in [6.07, 6.45) is 1.45. The van der Waals surface area contributed by atoms with E-state index in [9.17, 15) is 0 Å². The number of aromatic nitrogens is 4. The maximum Gasteiger partial charge on any atom is 0.163 e. The SMILES string of the molecule is COCc1cccc(-c2nn(C)c3ncnc(N)c23)c1. The van der Waals surface area contributed by atoms with Crippen LogP contribution < -0.4 is 5.73 Å². The van der Waals surface area contributed by atoms with Crippen LogP contribution in [-0.2, 0) is 18.4 Å². The minimum absolute atomic E-state index is 0.440. The fraction of sp³-hybridized carbons (Fsp3) is 0.214. The van der Waals surface area contributed by atoms with Crippen molar-refractivity contribution in [2.24, 2.45) is 7.05 Å². The van der Waals surface area contributed by atoms with E-state index >= 15 is 0 Å². The number of methoxy groups -OCH3 is 1. The van der Waals surface area contributed by atoms with Gasteiger partial charge in [-0.2, -0.15) is 5.10 Å². The zero-order chi connectivity index (χ0) is 14.1. The Kier molecular flexibility index (Phi) is 3.08. The lowest BCUT2D eigenvalue weighted by Crippen LogP contribution is -1.95. The quantitative estimate of drug-likeness (QED) is 0.783. The molecular weight excluding hydrogens is 254 g/mol. The number of fused-ring (bicyclic) bond motifs is 1. The van der Waals surface area contributed by atoms with Gasteiger partial charge in [0.25, 0.3) is 0 Å². The van der Waals surface area contributed by atoms with Crippen LogP contribution in [0.5, 0.6) is 0 Å². The number of hydrogen-bond donors (Lipinski definition) is 1. The lowest BCUT2D eigenvalue weighted by atomic mass is 10.1. The van der Waals surface area contributed by atoms with E-state index in [0.29, 0.717) is 12.4 Å². The molecular formula is C14H15N5O. The Bertz CT molecular complexity index is 765. The molecule has 102 valence electrons. The molecule has 0 aliphatic rings. The summed E-state index contributed by atoms with van der Waals surface area (Å²) in [5.41, 5.74) is 9.55. The van der Waals surface area contributed by atoms with E-state index in [2.05, 4.69) is 15.1 Å². The van der Waals surface area contributed by atoms with Crippen molar-refractivity contribution in [3.63, 3.8) is 0 Å². The van der Waals surface area contributed by atoms with Gasteiger partial charge in [0, 0.05) is 19.7 Å². The fourth-order valence-electron chi connectivity index (χ4n) is 2.29. The van der Waals surface area contributed by atoms with Crippen LogP contribution in [0, 0.1) is 0 Å². The highest BCUT2D eigenvalue weighted by atomic mass is 16.5. The van der Waals surface area contributed by atoms with Crippen LogP contribution in [-0.4, -0.2) is 26.9 Å². The van der Waals surface area contributed by atoms with Crippen LogP contribution in [0.25, 0.3) is 22.3 Å². The number of ether oxygens (including phenoxy) is 1. The Labute approximate surface area is 116 Å². The van der Waals surface area contributed by atoms with Crippen molar-refractivity contribution in [3.05, 3.63) is 36.2 Å². The number of nitrogens with zero attached hydrogens (tertiary/aromatic N) is 4. The second-order valence-electron chi connectivity index (χ2n) is 4.56. The summed E-state index contributed by atoms with van der Waals surface area (Å²) in [7, 11) is 3.52. The normalized spacial score (nSPS) is 11.1. The number of rotatable bonds is 3. The van der Waals surface area contributed by atoms with Gasteiger partial charge in [-0.05, 0) is 11.6 Å². The monoisotopic (exact) mass is 269 g/mol. The molecule has 0 amide bonds. The summed E-state index contributed by atoms with van der Waals surface area (Å²) in [5.74, 6) is 0.440. The van der Waals surface area contributed by atoms with Crippen molar-refractivity contribution in [1.82, 2.24) is 19.7 Å². The van der Waals surface area contributed by atoms with Gasteiger partial charge < -0.3 is 10.5 Å². The smallest absolute Gasteiger partial charge is 0.163 e. The molecule has 0 atom stereocenters. The average molecular weight is 269 g/mol. The van der Waals surface area contributed by atoms with Gasteiger partial charge in [0.05, 0.1) is 12.0 Å². The number of aryl methyl sites for hydroxylation is 1. The molecule has 0 saturated carbocycles. The number of hydrogen-bond acceptors (Lipinski definition) is 5. The van der Waals surface area contributed by atoms with E-state index in [1.165, 1.54) is 6.33 Å². The summed E-state index contributed by atoms with van der Waals surface area (Å²) < 4.78 is 6.87. The molecule has 6 nitrogen and oxygen atoms in total. The largest absolute Gasteiger partial charge is 0.383 e. The first-order chi connectivity index (χ1) is 9.70. The van der Waals surface area contributed by atoms with Gasteiger partial charge in [-0.3, -0.25) is 0 Å². The molecule has 3 aromatic rings. The topological polar surface area (TPSA) is 78.8 Å². The highest BCUT2D eigenvalue weighted by Crippen LogP contribution is 2.29. The Morgan fingerprint density at radius 3 is 2.95 bits per heavy atom. The van der Waals surface area contributed by atoms with Gasteiger partial charge in [0.2, 0.25) is 0 Å². The lowest BCUT2D eigenvalue weighted by Gasteiger charge is -2.03. The number of nitrogen functional groups attached to an aromatic ring is 1. The van der Waals surface area contributed by atoms with Crippen LogP contribution in [0.3, 0.4) is 0 Å². The van der Waals surface area contributed by atoms with Crippen LogP contribution in [0.4, 0.5) is 5.82 Å². The van der Waals surface area contributed by atoms with E-state index < -0.39 is 0 Å². The third-order valence-corrected chi connectivity index (χ3v) is 3.16. The van der Waals surface area contributed by atoms with Crippen LogP contribution in [0.1, 0.15) is 5.56 Å². The maximum atomic E-state index is 5.98. The Morgan fingerprint density at radius 1 is 1.30 bits per heavy atom. The molecule has 0 radical (unpaired) electrons. The third kappa shape index (κ3) is 2.00.